The zero-order valence-electron chi connectivity index (χ0n) is 11.3. The summed E-state index contributed by atoms with van der Waals surface area (Å²) in [5.74, 6) is 0.914. The molecule has 0 spiro atoms. The Labute approximate surface area is 145 Å². The number of hydrogen-bond donors (Lipinski definition) is 0. The van der Waals surface area contributed by atoms with E-state index in [1.807, 2.05) is 19.1 Å². The molecule has 1 unspecified atom stereocenters. The molecule has 0 saturated heterocycles. The van der Waals surface area contributed by atoms with E-state index in [0.29, 0.717) is 6.61 Å². The van der Waals surface area contributed by atoms with Crippen molar-refractivity contribution in [1.82, 2.24) is 0 Å². The predicted octanol–water partition coefficient (Wildman–Crippen LogP) is 6.40. The van der Waals surface area contributed by atoms with E-state index in [0.717, 1.165) is 20.3 Å². The van der Waals surface area contributed by atoms with Crippen LogP contribution in [0.5, 0.6) is 5.75 Å². The summed E-state index contributed by atoms with van der Waals surface area (Å²) in [7, 11) is 0. The molecule has 0 radical (unpaired) electrons. The Morgan fingerprint density at radius 2 is 1.60 bits per heavy atom. The van der Waals surface area contributed by atoms with Gasteiger partial charge in [-0.25, -0.2) is 0 Å². The number of benzene rings is 2. The van der Waals surface area contributed by atoms with E-state index in [-0.39, 0.29) is 4.83 Å². The van der Waals surface area contributed by atoms with Crippen LogP contribution >= 0.6 is 47.8 Å². The minimum absolute atomic E-state index is 0.0963. The fourth-order valence-electron chi connectivity index (χ4n) is 2.06. The summed E-state index contributed by atoms with van der Waals surface area (Å²) in [6.07, 6.45) is 0. The van der Waals surface area contributed by atoms with Gasteiger partial charge in [0.15, 0.2) is 0 Å². The molecule has 0 amide bonds. The minimum atomic E-state index is 0.0963. The molecule has 0 aliphatic heterocycles. The van der Waals surface area contributed by atoms with Gasteiger partial charge in [0, 0.05) is 14.5 Å². The Morgan fingerprint density at radius 1 is 1.00 bits per heavy atom. The van der Waals surface area contributed by atoms with E-state index in [2.05, 4.69) is 79.0 Å². The lowest BCUT2D eigenvalue weighted by Crippen LogP contribution is -2.01. The third kappa shape index (κ3) is 3.66. The first-order valence-corrected chi connectivity index (χ1v) is 8.85. The Kier molecular flexibility index (Phi) is 5.70. The molecule has 0 bridgehead atoms. The highest BCUT2D eigenvalue weighted by molar-refractivity contribution is 9.11. The van der Waals surface area contributed by atoms with Crippen molar-refractivity contribution in [3.8, 4) is 5.75 Å². The number of hydrogen-bond acceptors (Lipinski definition) is 1. The first-order valence-electron chi connectivity index (χ1n) is 6.35. The normalized spacial score (nSPS) is 12.2. The summed E-state index contributed by atoms with van der Waals surface area (Å²) in [5, 5.41) is 0. The zero-order chi connectivity index (χ0) is 14.7. The average molecular weight is 463 g/mol. The molecule has 1 atom stereocenters. The first-order chi connectivity index (χ1) is 9.52. The highest BCUT2D eigenvalue weighted by atomic mass is 79.9. The van der Waals surface area contributed by atoms with Gasteiger partial charge in [-0.3, -0.25) is 0 Å². The summed E-state index contributed by atoms with van der Waals surface area (Å²) >= 11 is 10.9. The first kappa shape index (κ1) is 16.1. The fourth-order valence-corrected chi connectivity index (χ4v) is 3.66. The van der Waals surface area contributed by atoms with Gasteiger partial charge in [0.1, 0.15) is 5.75 Å². The molecule has 20 heavy (non-hydrogen) atoms. The Hall–Kier alpha value is -0.320. The van der Waals surface area contributed by atoms with E-state index in [9.17, 15) is 0 Å². The molecule has 2 rings (SSSR count). The number of ether oxygens (including phenoxy) is 1. The van der Waals surface area contributed by atoms with E-state index in [4.69, 9.17) is 4.74 Å². The Bertz CT molecular complexity index is 611. The van der Waals surface area contributed by atoms with Crippen LogP contribution in [0.1, 0.15) is 28.4 Å². The maximum Gasteiger partial charge on any atom is 0.124 e. The summed E-state index contributed by atoms with van der Waals surface area (Å²) < 4.78 is 7.87. The molecule has 106 valence electrons. The van der Waals surface area contributed by atoms with Crippen LogP contribution in [0.15, 0.2) is 45.3 Å². The molecule has 4 heteroatoms. The third-order valence-electron chi connectivity index (χ3n) is 3.06. The third-order valence-corrected chi connectivity index (χ3v) is 5.03. The average Bonchev–Trinajstić information content (AvgIpc) is 2.43. The van der Waals surface area contributed by atoms with Gasteiger partial charge in [-0.1, -0.05) is 53.9 Å². The van der Waals surface area contributed by atoms with Crippen molar-refractivity contribution in [1.29, 1.82) is 0 Å². The molecule has 0 N–H and O–H groups in total. The molecule has 2 aromatic carbocycles. The van der Waals surface area contributed by atoms with Crippen molar-refractivity contribution in [2.24, 2.45) is 0 Å². The van der Waals surface area contributed by atoms with Crippen molar-refractivity contribution in [2.75, 3.05) is 6.61 Å². The van der Waals surface area contributed by atoms with Gasteiger partial charge in [0.2, 0.25) is 0 Å². The number of aryl methyl sites for hydroxylation is 1. The van der Waals surface area contributed by atoms with Gasteiger partial charge in [0.05, 0.1) is 11.4 Å². The van der Waals surface area contributed by atoms with Crippen LogP contribution in [0.25, 0.3) is 0 Å². The molecule has 0 fully saturated rings. The summed E-state index contributed by atoms with van der Waals surface area (Å²) in [4.78, 5) is 0.0963. The minimum Gasteiger partial charge on any atom is -0.494 e. The number of halogens is 3. The Morgan fingerprint density at radius 3 is 2.25 bits per heavy atom. The summed E-state index contributed by atoms with van der Waals surface area (Å²) in [6, 6.07) is 12.4. The SMILES string of the molecule is CCOc1ccc(Br)cc1C(Br)c1cc(Br)ccc1C. The van der Waals surface area contributed by atoms with Gasteiger partial charge >= 0.3 is 0 Å². The quantitative estimate of drug-likeness (QED) is 0.477. The van der Waals surface area contributed by atoms with Crippen molar-refractivity contribution in [3.63, 3.8) is 0 Å². The van der Waals surface area contributed by atoms with Gasteiger partial charge in [0.25, 0.3) is 0 Å². The molecule has 1 nitrogen and oxygen atoms in total. The lowest BCUT2D eigenvalue weighted by molar-refractivity contribution is 0.337. The molecule has 0 aromatic heterocycles. The molecule has 0 aliphatic rings. The van der Waals surface area contributed by atoms with Crippen LogP contribution in [-0.2, 0) is 0 Å². The second-order valence-electron chi connectivity index (χ2n) is 4.48. The van der Waals surface area contributed by atoms with Gasteiger partial charge in [-0.15, -0.1) is 0 Å². The highest BCUT2D eigenvalue weighted by Gasteiger charge is 2.18. The standard InChI is InChI=1S/C16H15Br3O/c1-3-20-15-7-6-12(18)9-14(15)16(19)13-8-11(17)5-4-10(13)2/h4-9,16H,3H2,1-2H3. The highest BCUT2D eigenvalue weighted by Crippen LogP contribution is 2.40. The summed E-state index contributed by atoms with van der Waals surface area (Å²) in [6.45, 7) is 4.78. The van der Waals surface area contributed by atoms with Crippen molar-refractivity contribution >= 4 is 47.8 Å². The van der Waals surface area contributed by atoms with Gasteiger partial charge in [-0.2, -0.15) is 0 Å². The van der Waals surface area contributed by atoms with E-state index in [1.165, 1.54) is 11.1 Å². The second-order valence-corrected chi connectivity index (χ2v) is 7.23. The number of rotatable bonds is 4. The van der Waals surface area contributed by atoms with Crippen molar-refractivity contribution in [2.45, 2.75) is 18.7 Å². The predicted molar refractivity (Wildman–Crippen MR) is 95.0 cm³/mol. The maximum absolute atomic E-state index is 5.74. The van der Waals surface area contributed by atoms with E-state index < -0.39 is 0 Å². The smallest absolute Gasteiger partial charge is 0.124 e. The second kappa shape index (κ2) is 7.10. The number of alkyl halides is 1. The fraction of sp³-hybridized carbons (Fsp3) is 0.250. The van der Waals surface area contributed by atoms with Crippen LogP contribution < -0.4 is 4.74 Å². The van der Waals surface area contributed by atoms with Crippen molar-refractivity contribution in [3.05, 3.63) is 62.0 Å². The maximum atomic E-state index is 5.74. The van der Waals surface area contributed by atoms with Crippen LogP contribution in [0.4, 0.5) is 0 Å². The van der Waals surface area contributed by atoms with E-state index in [1.54, 1.807) is 0 Å². The van der Waals surface area contributed by atoms with Crippen LogP contribution in [0, 0.1) is 6.92 Å². The van der Waals surface area contributed by atoms with Crippen LogP contribution in [0.3, 0.4) is 0 Å². The summed E-state index contributed by atoms with van der Waals surface area (Å²) in [5.41, 5.74) is 3.61. The molecular formula is C16H15Br3O. The molecule has 2 aromatic rings. The molecule has 0 saturated carbocycles. The van der Waals surface area contributed by atoms with E-state index >= 15 is 0 Å². The molecule has 0 heterocycles. The monoisotopic (exact) mass is 460 g/mol. The van der Waals surface area contributed by atoms with Gasteiger partial charge < -0.3 is 4.74 Å². The van der Waals surface area contributed by atoms with Gasteiger partial charge in [-0.05, 0) is 55.3 Å². The topological polar surface area (TPSA) is 9.23 Å². The molecule has 0 aliphatic carbocycles. The Balaban J connectivity index is 2.49. The van der Waals surface area contributed by atoms with Crippen LogP contribution in [-0.4, -0.2) is 6.61 Å². The van der Waals surface area contributed by atoms with Crippen molar-refractivity contribution < 1.29 is 4.74 Å². The molecular weight excluding hydrogens is 448 g/mol. The van der Waals surface area contributed by atoms with Crippen LogP contribution in [0.2, 0.25) is 0 Å². The lowest BCUT2D eigenvalue weighted by Gasteiger charge is -2.18. The lowest BCUT2D eigenvalue weighted by atomic mass is 10.00. The largest absolute Gasteiger partial charge is 0.494 e. The zero-order valence-corrected chi connectivity index (χ0v) is 16.0.